The van der Waals surface area contributed by atoms with E-state index in [9.17, 15) is 13.2 Å². The highest BCUT2D eigenvalue weighted by molar-refractivity contribution is 7.91. The molecule has 6 nitrogen and oxygen atoms in total. The molecule has 1 aromatic rings. The fourth-order valence-corrected chi connectivity index (χ4v) is 4.79. The summed E-state index contributed by atoms with van der Waals surface area (Å²) in [5.41, 5.74) is 0.821. The highest BCUT2D eigenvalue weighted by Crippen LogP contribution is 2.36. The fraction of sp³-hybridized carbons (Fsp3) is 0.636. The minimum atomic E-state index is -3.73. The number of aromatic nitrogens is 1. The van der Waals surface area contributed by atoms with Gasteiger partial charge in [-0.2, -0.15) is 0 Å². The number of hydrogen-bond donors (Lipinski definition) is 1. The van der Waals surface area contributed by atoms with Gasteiger partial charge in [-0.1, -0.05) is 6.92 Å². The summed E-state index contributed by atoms with van der Waals surface area (Å²) in [6.07, 6.45) is 3.41. The molecule has 0 unspecified atom stereocenters. The van der Waals surface area contributed by atoms with Crippen LogP contribution < -0.4 is 4.72 Å². The lowest BCUT2D eigenvalue weighted by Gasteiger charge is -2.41. The third kappa shape index (κ3) is 2.65. The lowest BCUT2D eigenvalue weighted by atomic mass is 9.76. The zero-order chi connectivity index (χ0) is 14.1. The molecule has 1 aliphatic carbocycles. The van der Waals surface area contributed by atoms with Crippen molar-refractivity contribution in [2.24, 2.45) is 0 Å². The number of hydrogen-bond acceptors (Lipinski definition) is 6. The highest BCUT2D eigenvalue weighted by Gasteiger charge is 2.40. The number of rotatable bonds is 5. The van der Waals surface area contributed by atoms with Crippen LogP contribution in [0.1, 0.15) is 43.1 Å². The molecule has 2 rings (SSSR count). The molecule has 106 valence electrons. The standard InChI is InChI=1S/C11H16N2O4S2/c1-3-11(5-4-6-11)13-19(15,16)10-8(9(14)17-2)12-7-18-10/h7,13H,3-6H2,1-2H3. The lowest BCUT2D eigenvalue weighted by molar-refractivity contribution is 0.0590. The van der Waals surface area contributed by atoms with Crippen LogP contribution in [0.15, 0.2) is 9.72 Å². The third-order valence-electron chi connectivity index (χ3n) is 3.50. The zero-order valence-corrected chi connectivity index (χ0v) is 12.4. The smallest absolute Gasteiger partial charge is 0.358 e. The summed E-state index contributed by atoms with van der Waals surface area (Å²) in [7, 11) is -2.53. The van der Waals surface area contributed by atoms with Gasteiger partial charge in [-0.25, -0.2) is 22.9 Å². The molecule has 1 fully saturated rings. The predicted octanol–water partition coefficient (Wildman–Crippen LogP) is 1.54. The fourth-order valence-electron chi connectivity index (χ4n) is 2.12. The maximum absolute atomic E-state index is 12.4. The Morgan fingerprint density at radius 2 is 2.26 bits per heavy atom. The molecule has 0 aliphatic heterocycles. The van der Waals surface area contributed by atoms with E-state index in [1.54, 1.807) is 0 Å². The first kappa shape index (κ1) is 14.4. The zero-order valence-electron chi connectivity index (χ0n) is 10.8. The van der Waals surface area contributed by atoms with Gasteiger partial charge >= 0.3 is 5.97 Å². The second-order valence-corrected chi connectivity index (χ2v) is 7.31. The number of sulfonamides is 1. The molecule has 19 heavy (non-hydrogen) atoms. The van der Waals surface area contributed by atoms with Crippen LogP contribution in [-0.4, -0.2) is 32.0 Å². The molecule has 0 radical (unpaired) electrons. The minimum Gasteiger partial charge on any atom is -0.464 e. The van der Waals surface area contributed by atoms with E-state index in [1.165, 1.54) is 12.6 Å². The van der Waals surface area contributed by atoms with Crippen LogP contribution in [0, 0.1) is 0 Å². The van der Waals surface area contributed by atoms with Crippen molar-refractivity contribution < 1.29 is 17.9 Å². The molecule has 1 aromatic heterocycles. The SMILES string of the molecule is CCC1(NS(=O)(=O)c2scnc2C(=O)OC)CCC1. The van der Waals surface area contributed by atoms with E-state index in [1.807, 2.05) is 6.92 Å². The average Bonchev–Trinajstić information content (AvgIpc) is 2.83. The molecule has 8 heteroatoms. The Kier molecular flexibility index (Phi) is 3.93. The quantitative estimate of drug-likeness (QED) is 0.834. The van der Waals surface area contributed by atoms with Crippen molar-refractivity contribution in [1.82, 2.24) is 9.71 Å². The molecule has 1 N–H and O–H groups in total. The number of nitrogens with one attached hydrogen (secondary N) is 1. The summed E-state index contributed by atoms with van der Waals surface area (Å²) in [4.78, 5) is 15.3. The number of carbonyl (C=O) groups excluding carboxylic acids is 1. The maximum Gasteiger partial charge on any atom is 0.358 e. The van der Waals surface area contributed by atoms with Gasteiger partial charge in [0.1, 0.15) is 0 Å². The predicted molar refractivity (Wildman–Crippen MR) is 70.6 cm³/mol. The molecule has 0 bridgehead atoms. The van der Waals surface area contributed by atoms with Crippen molar-refractivity contribution >= 4 is 27.3 Å². The van der Waals surface area contributed by atoms with Crippen molar-refractivity contribution in [3.8, 4) is 0 Å². The number of carbonyl (C=O) groups is 1. The summed E-state index contributed by atoms with van der Waals surface area (Å²) in [6.45, 7) is 1.95. The molecule has 1 aliphatic rings. The van der Waals surface area contributed by atoms with Gasteiger partial charge in [-0.05, 0) is 25.7 Å². The van der Waals surface area contributed by atoms with Gasteiger partial charge in [0.15, 0.2) is 9.90 Å². The number of nitrogens with zero attached hydrogens (tertiary/aromatic N) is 1. The molecule has 0 saturated heterocycles. The van der Waals surface area contributed by atoms with E-state index in [2.05, 4.69) is 14.4 Å². The van der Waals surface area contributed by atoms with Crippen molar-refractivity contribution in [1.29, 1.82) is 0 Å². The number of methoxy groups -OCH3 is 1. The monoisotopic (exact) mass is 304 g/mol. The van der Waals surface area contributed by atoms with Crippen LogP contribution in [-0.2, 0) is 14.8 Å². The maximum atomic E-state index is 12.4. The van der Waals surface area contributed by atoms with E-state index in [-0.39, 0.29) is 15.4 Å². The van der Waals surface area contributed by atoms with Crippen LogP contribution >= 0.6 is 11.3 Å². The first-order valence-electron chi connectivity index (χ1n) is 6.00. The summed E-state index contributed by atoms with van der Waals surface area (Å²) in [5.74, 6) is -0.735. The van der Waals surface area contributed by atoms with E-state index in [4.69, 9.17) is 0 Å². The second-order valence-electron chi connectivity index (χ2n) is 4.57. The summed E-state index contributed by atoms with van der Waals surface area (Å²) in [6, 6.07) is 0. The Morgan fingerprint density at radius 3 is 2.74 bits per heavy atom. The highest BCUT2D eigenvalue weighted by atomic mass is 32.2. The van der Waals surface area contributed by atoms with Gasteiger partial charge in [0.05, 0.1) is 12.6 Å². The topological polar surface area (TPSA) is 85.4 Å². The van der Waals surface area contributed by atoms with Gasteiger partial charge in [0.2, 0.25) is 0 Å². The van der Waals surface area contributed by atoms with E-state index in [0.29, 0.717) is 0 Å². The number of esters is 1. The molecular weight excluding hydrogens is 288 g/mol. The van der Waals surface area contributed by atoms with Crippen LogP contribution in [0.5, 0.6) is 0 Å². The van der Waals surface area contributed by atoms with Gasteiger partial charge in [0, 0.05) is 5.54 Å². The third-order valence-corrected chi connectivity index (χ3v) is 6.44. The Balaban J connectivity index is 2.30. The Labute approximate surface area is 116 Å². The minimum absolute atomic E-state index is 0.0703. The van der Waals surface area contributed by atoms with E-state index < -0.39 is 16.0 Å². The second kappa shape index (κ2) is 5.18. The molecule has 1 saturated carbocycles. The normalized spacial score (nSPS) is 17.8. The van der Waals surface area contributed by atoms with E-state index >= 15 is 0 Å². The average molecular weight is 304 g/mol. The summed E-state index contributed by atoms with van der Waals surface area (Å²) >= 11 is 0.924. The Hall–Kier alpha value is -0.990. The lowest BCUT2D eigenvalue weighted by Crippen LogP contribution is -2.52. The van der Waals surface area contributed by atoms with Crippen molar-refractivity contribution in [2.75, 3.05) is 7.11 Å². The molecular formula is C11H16N2O4S2. The first-order chi connectivity index (χ1) is 8.94. The summed E-state index contributed by atoms with van der Waals surface area (Å²) < 4.78 is 31.9. The van der Waals surface area contributed by atoms with Crippen LogP contribution in [0.3, 0.4) is 0 Å². The van der Waals surface area contributed by atoms with Crippen molar-refractivity contribution in [3.05, 3.63) is 11.2 Å². The molecule has 1 heterocycles. The Bertz CT molecular complexity index is 570. The first-order valence-corrected chi connectivity index (χ1v) is 8.36. The van der Waals surface area contributed by atoms with Crippen molar-refractivity contribution in [3.63, 3.8) is 0 Å². The van der Waals surface area contributed by atoms with Crippen LogP contribution in [0.4, 0.5) is 0 Å². The Morgan fingerprint density at radius 1 is 1.58 bits per heavy atom. The van der Waals surface area contributed by atoms with Gasteiger partial charge in [0.25, 0.3) is 10.0 Å². The van der Waals surface area contributed by atoms with Gasteiger partial charge < -0.3 is 4.74 Å². The number of ether oxygens (including phenoxy) is 1. The van der Waals surface area contributed by atoms with Crippen LogP contribution in [0.25, 0.3) is 0 Å². The van der Waals surface area contributed by atoms with Crippen molar-refractivity contribution in [2.45, 2.75) is 42.4 Å². The molecule has 0 aromatic carbocycles. The molecule has 0 amide bonds. The summed E-state index contributed by atoms with van der Waals surface area (Å²) in [5, 5.41) is 0. The number of thiazole rings is 1. The van der Waals surface area contributed by atoms with E-state index in [0.717, 1.165) is 37.0 Å². The molecule has 0 atom stereocenters. The van der Waals surface area contributed by atoms with Gasteiger partial charge in [-0.15, -0.1) is 11.3 Å². The largest absolute Gasteiger partial charge is 0.464 e. The van der Waals surface area contributed by atoms with Gasteiger partial charge in [-0.3, -0.25) is 0 Å². The van der Waals surface area contributed by atoms with Crippen LogP contribution in [0.2, 0.25) is 0 Å². The molecule has 0 spiro atoms.